The maximum absolute atomic E-state index is 11.6. The van der Waals surface area contributed by atoms with Crippen molar-refractivity contribution in [2.75, 3.05) is 6.54 Å². The quantitative estimate of drug-likeness (QED) is 0.795. The molecular formula is C12H14ClNO3. The lowest BCUT2D eigenvalue weighted by atomic mass is 10.2. The van der Waals surface area contributed by atoms with Crippen LogP contribution in [-0.4, -0.2) is 29.8 Å². The molecule has 1 aromatic rings. The van der Waals surface area contributed by atoms with Crippen LogP contribution in [0, 0.1) is 0 Å². The predicted molar refractivity (Wildman–Crippen MR) is 63.7 cm³/mol. The van der Waals surface area contributed by atoms with E-state index in [4.69, 9.17) is 16.3 Å². The van der Waals surface area contributed by atoms with E-state index >= 15 is 0 Å². The SMILES string of the molecule is O=C(OCc1ccc(Cl)cc1)[C@@H]1CC(O)CN1. The van der Waals surface area contributed by atoms with Gasteiger partial charge in [0.2, 0.25) is 0 Å². The second-order valence-electron chi connectivity index (χ2n) is 4.08. The first kappa shape index (κ1) is 12.4. The number of hydrogen-bond donors (Lipinski definition) is 2. The van der Waals surface area contributed by atoms with Crippen LogP contribution in [0.25, 0.3) is 0 Å². The van der Waals surface area contributed by atoms with Crippen LogP contribution in [0.4, 0.5) is 0 Å². The van der Waals surface area contributed by atoms with Gasteiger partial charge in [0, 0.05) is 18.0 Å². The maximum Gasteiger partial charge on any atom is 0.323 e. The van der Waals surface area contributed by atoms with Crippen molar-refractivity contribution in [3.63, 3.8) is 0 Å². The van der Waals surface area contributed by atoms with Gasteiger partial charge in [-0.3, -0.25) is 4.79 Å². The van der Waals surface area contributed by atoms with Gasteiger partial charge >= 0.3 is 5.97 Å². The molecule has 1 heterocycles. The highest BCUT2D eigenvalue weighted by Crippen LogP contribution is 2.12. The lowest BCUT2D eigenvalue weighted by molar-refractivity contribution is -0.147. The van der Waals surface area contributed by atoms with E-state index in [1.807, 2.05) is 12.1 Å². The third-order valence-electron chi connectivity index (χ3n) is 2.69. The van der Waals surface area contributed by atoms with E-state index in [-0.39, 0.29) is 12.6 Å². The van der Waals surface area contributed by atoms with Crippen LogP contribution in [0.5, 0.6) is 0 Å². The van der Waals surface area contributed by atoms with Crippen LogP contribution in [0.2, 0.25) is 5.02 Å². The van der Waals surface area contributed by atoms with Crippen molar-refractivity contribution < 1.29 is 14.6 Å². The number of esters is 1. The Morgan fingerprint density at radius 1 is 1.47 bits per heavy atom. The average molecular weight is 256 g/mol. The van der Waals surface area contributed by atoms with Crippen molar-refractivity contribution in [1.29, 1.82) is 0 Å². The molecule has 0 aromatic heterocycles. The van der Waals surface area contributed by atoms with Gasteiger partial charge in [-0.1, -0.05) is 23.7 Å². The van der Waals surface area contributed by atoms with Crippen molar-refractivity contribution in [2.45, 2.75) is 25.2 Å². The number of nitrogens with one attached hydrogen (secondary N) is 1. The predicted octanol–water partition coefficient (Wildman–Crippen LogP) is 1.11. The Morgan fingerprint density at radius 3 is 2.76 bits per heavy atom. The van der Waals surface area contributed by atoms with Crippen molar-refractivity contribution in [3.05, 3.63) is 34.9 Å². The number of benzene rings is 1. The number of hydrogen-bond acceptors (Lipinski definition) is 4. The molecule has 1 saturated heterocycles. The Balaban J connectivity index is 1.82. The number of carbonyl (C=O) groups is 1. The summed E-state index contributed by atoms with van der Waals surface area (Å²) < 4.78 is 5.14. The van der Waals surface area contributed by atoms with Crippen molar-refractivity contribution >= 4 is 17.6 Å². The van der Waals surface area contributed by atoms with E-state index in [0.717, 1.165) is 5.56 Å². The summed E-state index contributed by atoms with van der Waals surface area (Å²) in [6.07, 6.45) is -0.0394. The van der Waals surface area contributed by atoms with Gasteiger partial charge < -0.3 is 15.2 Å². The number of β-amino-alcohol motifs (C(OH)–C–C–N with tert-alkyl or cyclic N) is 1. The molecule has 1 unspecified atom stereocenters. The Kier molecular flexibility index (Phi) is 3.99. The third-order valence-corrected chi connectivity index (χ3v) is 2.94. The zero-order valence-corrected chi connectivity index (χ0v) is 9.98. The fourth-order valence-electron chi connectivity index (χ4n) is 1.73. The molecule has 1 fully saturated rings. The minimum Gasteiger partial charge on any atom is -0.460 e. The normalized spacial score (nSPS) is 23.6. The number of rotatable bonds is 3. The molecule has 0 radical (unpaired) electrons. The first-order valence-electron chi connectivity index (χ1n) is 5.47. The zero-order valence-electron chi connectivity index (χ0n) is 9.23. The molecule has 4 nitrogen and oxygen atoms in total. The monoisotopic (exact) mass is 255 g/mol. The van der Waals surface area contributed by atoms with Gasteiger partial charge in [0.05, 0.1) is 6.10 Å². The molecule has 0 bridgehead atoms. The van der Waals surface area contributed by atoms with Crippen LogP contribution in [-0.2, 0) is 16.1 Å². The molecule has 1 aliphatic rings. The van der Waals surface area contributed by atoms with E-state index in [9.17, 15) is 9.90 Å². The molecule has 2 N–H and O–H groups in total. The second-order valence-corrected chi connectivity index (χ2v) is 4.52. The standard InChI is InChI=1S/C12H14ClNO3/c13-9-3-1-8(2-4-9)7-17-12(16)11-5-10(15)6-14-11/h1-4,10-11,14-15H,5-7H2/t10?,11-/m0/s1. The summed E-state index contributed by atoms with van der Waals surface area (Å²) in [7, 11) is 0. The van der Waals surface area contributed by atoms with E-state index in [1.54, 1.807) is 12.1 Å². The van der Waals surface area contributed by atoms with E-state index in [2.05, 4.69) is 5.32 Å². The number of ether oxygens (including phenoxy) is 1. The minimum absolute atomic E-state index is 0.226. The molecule has 0 saturated carbocycles. The van der Waals surface area contributed by atoms with Crippen LogP contribution in [0.1, 0.15) is 12.0 Å². The Labute approximate surface area is 105 Å². The molecule has 17 heavy (non-hydrogen) atoms. The van der Waals surface area contributed by atoms with Crippen molar-refractivity contribution in [3.8, 4) is 0 Å². The fourth-order valence-corrected chi connectivity index (χ4v) is 1.86. The summed E-state index contributed by atoms with van der Waals surface area (Å²) in [6.45, 7) is 0.672. The largest absolute Gasteiger partial charge is 0.460 e. The molecule has 0 amide bonds. The first-order chi connectivity index (χ1) is 8.15. The van der Waals surface area contributed by atoms with Crippen LogP contribution < -0.4 is 5.32 Å². The molecule has 1 aromatic carbocycles. The van der Waals surface area contributed by atoms with Gasteiger partial charge in [-0.05, 0) is 17.7 Å². The van der Waals surface area contributed by atoms with E-state index in [1.165, 1.54) is 0 Å². The summed E-state index contributed by atoms with van der Waals surface area (Å²) in [5.74, 6) is -0.323. The second kappa shape index (κ2) is 5.49. The highest BCUT2D eigenvalue weighted by molar-refractivity contribution is 6.30. The third kappa shape index (κ3) is 3.43. The molecular weight excluding hydrogens is 242 g/mol. The fraction of sp³-hybridized carbons (Fsp3) is 0.417. The number of aliphatic hydroxyl groups is 1. The number of aliphatic hydroxyl groups excluding tert-OH is 1. The van der Waals surface area contributed by atoms with Gasteiger partial charge in [-0.25, -0.2) is 0 Å². The van der Waals surface area contributed by atoms with E-state index < -0.39 is 12.1 Å². The van der Waals surface area contributed by atoms with Gasteiger partial charge in [0.25, 0.3) is 0 Å². The van der Waals surface area contributed by atoms with Crippen LogP contribution in [0.3, 0.4) is 0 Å². The molecule has 92 valence electrons. The topological polar surface area (TPSA) is 58.6 Å². The summed E-state index contributed by atoms with van der Waals surface area (Å²) in [5.41, 5.74) is 0.890. The smallest absolute Gasteiger partial charge is 0.323 e. The summed E-state index contributed by atoms with van der Waals surface area (Å²) in [5, 5.41) is 12.8. The van der Waals surface area contributed by atoms with Gasteiger partial charge in [0.15, 0.2) is 0 Å². The Hall–Kier alpha value is -1.10. The van der Waals surface area contributed by atoms with Crippen LogP contribution >= 0.6 is 11.6 Å². The van der Waals surface area contributed by atoms with Crippen LogP contribution in [0.15, 0.2) is 24.3 Å². The van der Waals surface area contributed by atoms with Gasteiger partial charge in [-0.15, -0.1) is 0 Å². The zero-order chi connectivity index (χ0) is 12.3. The molecule has 5 heteroatoms. The lowest BCUT2D eigenvalue weighted by Gasteiger charge is -2.10. The Bertz CT molecular complexity index is 393. The van der Waals surface area contributed by atoms with Crippen molar-refractivity contribution in [1.82, 2.24) is 5.32 Å². The molecule has 0 spiro atoms. The van der Waals surface area contributed by atoms with Gasteiger partial charge in [0.1, 0.15) is 12.6 Å². The summed E-state index contributed by atoms with van der Waals surface area (Å²) in [4.78, 5) is 11.6. The number of halogens is 1. The molecule has 2 atom stereocenters. The Morgan fingerprint density at radius 2 is 2.18 bits per heavy atom. The lowest BCUT2D eigenvalue weighted by Crippen LogP contribution is -2.32. The minimum atomic E-state index is -0.455. The maximum atomic E-state index is 11.6. The molecule has 2 rings (SSSR count). The molecule has 1 aliphatic heterocycles. The highest BCUT2D eigenvalue weighted by Gasteiger charge is 2.29. The van der Waals surface area contributed by atoms with E-state index in [0.29, 0.717) is 18.0 Å². The van der Waals surface area contributed by atoms with Crippen molar-refractivity contribution in [2.24, 2.45) is 0 Å². The summed E-state index contributed by atoms with van der Waals surface area (Å²) in [6, 6.07) is 6.74. The highest BCUT2D eigenvalue weighted by atomic mass is 35.5. The average Bonchev–Trinajstić information content (AvgIpc) is 2.75. The number of carbonyl (C=O) groups excluding carboxylic acids is 1. The first-order valence-corrected chi connectivity index (χ1v) is 5.85. The molecule has 0 aliphatic carbocycles. The van der Waals surface area contributed by atoms with Gasteiger partial charge in [-0.2, -0.15) is 0 Å². The summed E-state index contributed by atoms with van der Waals surface area (Å²) >= 11 is 5.75.